The van der Waals surface area contributed by atoms with Gasteiger partial charge in [0.15, 0.2) is 0 Å². The van der Waals surface area contributed by atoms with Crippen LogP contribution in [0.3, 0.4) is 0 Å². The molecule has 150 valence electrons. The van der Waals surface area contributed by atoms with Crippen LogP contribution in [0.15, 0.2) is 75.4 Å². The zero-order chi connectivity index (χ0) is 20.4. The van der Waals surface area contributed by atoms with Gasteiger partial charge in [-0.15, -0.1) is 11.3 Å². The smallest absolute Gasteiger partial charge is 0.261 e. The van der Waals surface area contributed by atoms with Gasteiger partial charge in [-0.1, -0.05) is 22.0 Å². The Kier molecular flexibility index (Phi) is 5.76. The van der Waals surface area contributed by atoms with Crippen molar-refractivity contribution < 1.29 is 13.2 Å². The lowest BCUT2D eigenvalue weighted by molar-refractivity contribution is 0.0738. The SMILES string of the molecule is O=C(c1ccc(NS(=O)(=O)c2ccc(Br)cc2)cc1)N1CCCC1c1cccs1. The van der Waals surface area contributed by atoms with Gasteiger partial charge < -0.3 is 4.90 Å². The third kappa shape index (κ3) is 4.39. The highest BCUT2D eigenvalue weighted by Crippen LogP contribution is 2.35. The van der Waals surface area contributed by atoms with E-state index in [0.29, 0.717) is 11.3 Å². The van der Waals surface area contributed by atoms with Crippen molar-refractivity contribution >= 4 is 48.9 Å². The van der Waals surface area contributed by atoms with Gasteiger partial charge in [0.25, 0.3) is 15.9 Å². The molecule has 8 heteroatoms. The van der Waals surface area contributed by atoms with E-state index in [1.54, 1.807) is 47.7 Å². The van der Waals surface area contributed by atoms with Gasteiger partial charge in [-0.05, 0) is 72.8 Å². The number of rotatable bonds is 5. The molecule has 5 nitrogen and oxygen atoms in total. The molecule has 1 aliphatic rings. The second-order valence-electron chi connectivity index (χ2n) is 6.81. The van der Waals surface area contributed by atoms with Gasteiger partial charge in [0.1, 0.15) is 0 Å². The molecule has 0 saturated carbocycles. The maximum Gasteiger partial charge on any atom is 0.261 e. The minimum absolute atomic E-state index is 0.0248. The number of sulfonamides is 1. The van der Waals surface area contributed by atoms with E-state index >= 15 is 0 Å². The van der Waals surface area contributed by atoms with Crippen LogP contribution in [0.2, 0.25) is 0 Å². The zero-order valence-electron chi connectivity index (χ0n) is 15.4. The minimum atomic E-state index is -3.68. The van der Waals surface area contributed by atoms with E-state index in [9.17, 15) is 13.2 Å². The molecular weight excluding hydrogens is 472 g/mol. The number of likely N-dealkylation sites (tertiary alicyclic amines) is 1. The van der Waals surface area contributed by atoms with Crippen LogP contribution in [0.5, 0.6) is 0 Å². The van der Waals surface area contributed by atoms with Gasteiger partial charge in [-0.3, -0.25) is 9.52 Å². The average Bonchev–Trinajstić information content (AvgIpc) is 3.39. The quantitative estimate of drug-likeness (QED) is 0.528. The first-order valence-electron chi connectivity index (χ1n) is 9.17. The molecule has 1 saturated heterocycles. The maximum atomic E-state index is 13.0. The van der Waals surface area contributed by atoms with E-state index < -0.39 is 10.0 Å². The highest BCUT2D eigenvalue weighted by atomic mass is 79.9. The van der Waals surface area contributed by atoms with E-state index in [1.807, 2.05) is 16.3 Å². The Labute approximate surface area is 182 Å². The summed E-state index contributed by atoms with van der Waals surface area (Å²) in [6, 6.07) is 17.2. The molecule has 1 amide bonds. The molecule has 0 radical (unpaired) electrons. The van der Waals surface area contributed by atoms with Crippen LogP contribution < -0.4 is 4.72 Å². The predicted octanol–water partition coefficient (Wildman–Crippen LogP) is 5.29. The number of thiophene rings is 1. The molecule has 2 aromatic carbocycles. The van der Waals surface area contributed by atoms with E-state index in [4.69, 9.17) is 0 Å². The van der Waals surface area contributed by atoms with Crippen molar-refractivity contribution in [3.63, 3.8) is 0 Å². The fourth-order valence-electron chi connectivity index (χ4n) is 3.46. The lowest BCUT2D eigenvalue weighted by Gasteiger charge is -2.24. The monoisotopic (exact) mass is 490 g/mol. The van der Waals surface area contributed by atoms with Gasteiger partial charge in [0.05, 0.1) is 10.9 Å². The standard InChI is InChI=1S/C21H19BrN2O3S2/c22-16-7-11-18(12-8-16)29(26,27)23-17-9-5-15(6-10-17)21(25)24-13-1-3-19(24)20-4-2-14-28-20/h2,4-12,14,19,23H,1,3,13H2. The number of nitrogens with zero attached hydrogens (tertiary/aromatic N) is 1. The van der Waals surface area contributed by atoms with Crippen LogP contribution in [0.4, 0.5) is 5.69 Å². The fraction of sp³-hybridized carbons (Fsp3) is 0.190. The van der Waals surface area contributed by atoms with Crippen molar-refractivity contribution in [3.05, 3.63) is 81.0 Å². The molecule has 0 spiro atoms. The molecule has 29 heavy (non-hydrogen) atoms. The van der Waals surface area contributed by atoms with Gasteiger partial charge in [0, 0.05) is 27.1 Å². The van der Waals surface area contributed by atoms with Crippen molar-refractivity contribution in [1.82, 2.24) is 4.90 Å². The first-order valence-corrected chi connectivity index (χ1v) is 12.3. The molecular formula is C21H19BrN2O3S2. The summed E-state index contributed by atoms with van der Waals surface area (Å²) in [7, 11) is -3.68. The summed E-state index contributed by atoms with van der Waals surface area (Å²) in [5, 5.41) is 2.03. The van der Waals surface area contributed by atoms with Crippen LogP contribution in [-0.4, -0.2) is 25.8 Å². The Hall–Kier alpha value is -2.16. The molecule has 1 unspecified atom stereocenters. The van der Waals surface area contributed by atoms with Crippen molar-refractivity contribution in [2.75, 3.05) is 11.3 Å². The fourth-order valence-corrected chi connectivity index (χ4v) is 5.66. The molecule has 1 aromatic heterocycles. The molecule has 1 fully saturated rings. The number of benzene rings is 2. The Morgan fingerprint density at radius 1 is 1.07 bits per heavy atom. The summed E-state index contributed by atoms with van der Waals surface area (Å²) >= 11 is 4.97. The number of hydrogen-bond acceptors (Lipinski definition) is 4. The van der Waals surface area contributed by atoms with E-state index in [-0.39, 0.29) is 16.8 Å². The minimum Gasteiger partial charge on any atom is -0.331 e. The first-order chi connectivity index (χ1) is 13.9. The Morgan fingerprint density at radius 3 is 2.45 bits per heavy atom. The predicted molar refractivity (Wildman–Crippen MR) is 119 cm³/mol. The van der Waals surface area contributed by atoms with Gasteiger partial charge in [0.2, 0.25) is 0 Å². The topological polar surface area (TPSA) is 66.5 Å². The summed E-state index contributed by atoms with van der Waals surface area (Å²) in [6.45, 7) is 0.735. The molecule has 4 rings (SSSR count). The van der Waals surface area contributed by atoms with E-state index in [0.717, 1.165) is 23.9 Å². The first kappa shape index (κ1) is 20.1. The van der Waals surface area contributed by atoms with Crippen LogP contribution >= 0.6 is 27.3 Å². The molecule has 1 aliphatic heterocycles. The summed E-state index contributed by atoms with van der Waals surface area (Å²) < 4.78 is 28.4. The number of amides is 1. The maximum absolute atomic E-state index is 13.0. The van der Waals surface area contributed by atoms with Crippen LogP contribution in [0.1, 0.15) is 34.1 Å². The number of halogens is 1. The van der Waals surface area contributed by atoms with E-state index in [2.05, 4.69) is 26.7 Å². The molecule has 2 heterocycles. The molecule has 0 bridgehead atoms. The number of carbonyl (C=O) groups is 1. The number of hydrogen-bond donors (Lipinski definition) is 1. The number of anilines is 1. The summed E-state index contributed by atoms with van der Waals surface area (Å²) in [5.41, 5.74) is 0.973. The lowest BCUT2D eigenvalue weighted by atomic mass is 10.1. The lowest BCUT2D eigenvalue weighted by Crippen LogP contribution is -2.30. The third-order valence-electron chi connectivity index (χ3n) is 4.89. The molecule has 1 atom stereocenters. The largest absolute Gasteiger partial charge is 0.331 e. The molecule has 1 N–H and O–H groups in total. The molecule has 0 aliphatic carbocycles. The van der Waals surface area contributed by atoms with Crippen LogP contribution in [0.25, 0.3) is 0 Å². The van der Waals surface area contributed by atoms with Gasteiger partial charge in [-0.2, -0.15) is 0 Å². The summed E-state index contributed by atoms with van der Waals surface area (Å²) in [6.07, 6.45) is 1.96. The Balaban J connectivity index is 1.49. The molecule has 3 aromatic rings. The van der Waals surface area contributed by atoms with Crippen molar-refractivity contribution in [2.45, 2.75) is 23.8 Å². The highest BCUT2D eigenvalue weighted by molar-refractivity contribution is 9.10. The van der Waals surface area contributed by atoms with Crippen LogP contribution in [-0.2, 0) is 10.0 Å². The van der Waals surface area contributed by atoms with Gasteiger partial charge in [-0.25, -0.2) is 8.42 Å². The highest BCUT2D eigenvalue weighted by Gasteiger charge is 2.31. The van der Waals surface area contributed by atoms with Crippen molar-refractivity contribution in [2.24, 2.45) is 0 Å². The van der Waals surface area contributed by atoms with Crippen molar-refractivity contribution in [1.29, 1.82) is 0 Å². The number of carbonyl (C=O) groups excluding carboxylic acids is 1. The number of nitrogens with one attached hydrogen (secondary N) is 1. The van der Waals surface area contributed by atoms with Crippen molar-refractivity contribution in [3.8, 4) is 0 Å². The van der Waals surface area contributed by atoms with E-state index in [1.165, 1.54) is 17.0 Å². The normalized spacial score (nSPS) is 16.7. The third-order valence-corrected chi connectivity index (χ3v) is 7.79. The average molecular weight is 491 g/mol. The Bertz CT molecular complexity index is 1100. The summed E-state index contributed by atoms with van der Waals surface area (Å²) in [4.78, 5) is 16.3. The van der Waals surface area contributed by atoms with Crippen LogP contribution in [0, 0.1) is 0 Å². The second kappa shape index (κ2) is 8.30. The van der Waals surface area contributed by atoms with Gasteiger partial charge >= 0.3 is 0 Å². The second-order valence-corrected chi connectivity index (χ2v) is 10.4. The zero-order valence-corrected chi connectivity index (χ0v) is 18.6. The Morgan fingerprint density at radius 2 is 1.79 bits per heavy atom. The summed E-state index contributed by atoms with van der Waals surface area (Å²) in [5.74, 6) is -0.0248.